The van der Waals surface area contributed by atoms with Crippen LogP contribution in [0, 0.1) is 11.6 Å². The van der Waals surface area contributed by atoms with Crippen molar-refractivity contribution < 1.29 is 41.4 Å². The molecule has 0 radical (unpaired) electrons. The SMILES string of the molecule is COC(=O)c1c(F)cc(NS(=O)(=O)c2ccc(OB(O)O)cn2)cc1F. The molecule has 0 saturated carbocycles. The van der Waals surface area contributed by atoms with Crippen LogP contribution >= 0.6 is 0 Å². The number of hydrogen-bond donors (Lipinski definition) is 3. The average Bonchev–Trinajstić information content (AvgIpc) is 2.53. The minimum atomic E-state index is -4.32. The third-order valence-electron chi connectivity index (χ3n) is 2.91. The normalized spacial score (nSPS) is 11.0. The lowest BCUT2D eigenvalue weighted by Crippen LogP contribution is -2.21. The Bertz CT molecular complexity index is 900. The Morgan fingerprint density at radius 1 is 1.23 bits per heavy atom. The molecule has 0 atom stereocenters. The second-order valence-corrected chi connectivity index (χ2v) is 6.32. The summed E-state index contributed by atoms with van der Waals surface area (Å²) in [6.07, 6.45) is 0.898. The molecule has 0 unspecified atom stereocenters. The molecule has 26 heavy (non-hydrogen) atoms. The minimum Gasteiger partial charge on any atom is -0.511 e. The number of aromatic nitrogens is 1. The second-order valence-electron chi connectivity index (χ2n) is 4.69. The van der Waals surface area contributed by atoms with Gasteiger partial charge in [-0.3, -0.25) is 4.72 Å². The zero-order valence-corrected chi connectivity index (χ0v) is 13.8. The number of nitrogens with one attached hydrogen (secondary N) is 1. The van der Waals surface area contributed by atoms with E-state index in [4.69, 9.17) is 10.0 Å². The zero-order valence-electron chi connectivity index (χ0n) is 13.0. The number of ether oxygens (including phenoxy) is 1. The molecule has 0 aliphatic rings. The van der Waals surface area contributed by atoms with Gasteiger partial charge in [-0.25, -0.2) is 18.6 Å². The van der Waals surface area contributed by atoms with E-state index in [1.165, 1.54) is 0 Å². The first-order valence-corrected chi connectivity index (χ1v) is 8.21. The van der Waals surface area contributed by atoms with Crippen LogP contribution in [0.5, 0.6) is 5.75 Å². The molecule has 0 aliphatic carbocycles. The van der Waals surface area contributed by atoms with Crippen LogP contribution in [0.15, 0.2) is 35.5 Å². The van der Waals surface area contributed by atoms with E-state index in [9.17, 15) is 22.0 Å². The number of pyridine rings is 1. The molecule has 0 saturated heterocycles. The Morgan fingerprint density at radius 3 is 2.31 bits per heavy atom. The van der Waals surface area contributed by atoms with Crippen LogP contribution in [0.2, 0.25) is 0 Å². The van der Waals surface area contributed by atoms with Crippen molar-refractivity contribution >= 4 is 29.0 Å². The molecule has 138 valence electrons. The predicted octanol–water partition coefficient (Wildman–Crippen LogP) is 0.295. The summed E-state index contributed by atoms with van der Waals surface area (Å²) in [4.78, 5) is 14.8. The quantitative estimate of drug-likeness (QED) is 0.475. The van der Waals surface area contributed by atoms with Gasteiger partial charge in [-0.05, 0) is 24.3 Å². The highest BCUT2D eigenvalue weighted by Gasteiger charge is 2.22. The van der Waals surface area contributed by atoms with Gasteiger partial charge >= 0.3 is 13.3 Å². The number of rotatable bonds is 6. The summed E-state index contributed by atoms with van der Waals surface area (Å²) >= 11 is 0. The van der Waals surface area contributed by atoms with Crippen molar-refractivity contribution in [3.05, 3.63) is 47.7 Å². The van der Waals surface area contributed by atoms with Crippen LogP contribution in [-0.2, 0) is 14.8 Å². The van der Waals surface area contributed by atoms with Crippen molar-refractivity contribution in [2.75, 3.05) is 11.8 Å². The minimum absolute atomic E-state index is 0.126. The average molecular weight is 388 g/mol. The fourth-order valence-corrected chi connectivity index (χ4v) is 2.83. The molecular formula is C13H11BF2N2O7S. The summed E-state index contributed by atoms with van der Waals surface area (Å²) in [5, 5.41) is 16.7. The fraction of sp³-hybridized carbons (Fsp3) is 0.0769. The molecule has 2 aromatic rings. The third kappa shape index (κ3) is 4.44. The summed E-state index contributed by atoms with van der Waals surface area (Å²) < 4.78 is 62.7. The molecule has 0 amide bonds. The van der Waals surface area contributed by atoms with Gasteiger partial charge in [0.05, 0.1) is 19.0 Å². The molecule has 0 fully saturated rings. The van der Waals surface area contributed by atoms with Crippen LogP contribution in [0.25, 0.3) is 0 Å². The summed E-state index contributed by atoms with van der Waals surface area (Å²) in [5.74, 6) is -4.01. The lowest BCUT2D eigenvalue weighted by Gasteiger charge is -2.10. The number of nitrogens with zero attached hydrogens (tertiary/aromatic N) is 1. The second kappa shape index (κ2) is 7.64. The molecule has 1 aromatic heterocycles. The zero-order chi connectivity index (χ0) is 19.5. The van der Waals surface area contributed by atoms with Gasteiger partial charge in [0.25, 0.3) is 10.0 Å². The van der Waals surface area contributed by atoms with Gasteiger partial charge < -0.3 is 19.4 Å². The summed E-state index contributed by atoms with van der Waals surface area (Å²) in [6, 6.07) is 3.26. The van der Waals surface area contributed by atoms with Gasteiger partial charge in [-0.1, -0.05) is 0 Å². The summed E-state index contributed by atoms with van der Waals surface area (Å²) in [7, 11) is -5.50. The number of carbonyl (C=O) groups excluding carboxylic acids is 1. The number of methoxy groups -OCH3 is 1. The number of hydrogen-bond acceptors (Lipinski definition) is 8. The van der Waals surface area contributed by atoms with Gasteiger partial charge in [0.2, 0.25) is 0 Å². The summed E-state index contributed by atoms with van der Waals surface area (Å²) in [6.45, 7) is 0. The molecule has 9 nitrogen and oxygen atoms in total. The number of carbonyl (C=O) groups is 1. The lowest BCUT2D eigenvalue weighted by atomic mass is 10.2. The standard InChI is InChI=1S/C13H11BF2N2O7S/c1-24-13(19)12-9(15)4-7(5-10(12)16)18-26(22,23)11-3-2-8(6-17-11)25-14(20)21/h2-6,18,20-21H,1H3. The largest absolute Gasteiger partial charge is 0.707 e. The van der Waals surface area contributed by atoms with E-state index in [-0.39, 0.29) is 5.75 Å². The van der Waals surface area contributed by atoms with Crippen molar-refractivity contribution in [2.45, 2.75) is 5.03 Å². The molecule has 13 heteroatoms. The maximum atomic E-state index is 13.8. The maximum Gasteiger partial charge on any atom is 0.707 e. The van der Waals surface area contributed by atoms with E-state index in [0.29, 0.717) is 12.1 Å². The van der Waals surface area contributed by atoms with Gasteiger partial charge in [-0.2, -0.15) is 8.42 Å². The molecule has 1 aromatic carbocycles. The van der Waals surface area contributed by atoms with Crippen LogP contribution in [0.4, 0.5) is 14.5 Å². The first-order valence-electron chi connectivity index (χ1n) is 6.73. The maximum absolute atomic E-state index is 13.8. The lowest BCUT2D eigenvalue weighted by molar-refractivity contribution is 0.0590. The molecule has 0 aliphatic heterocycles. The number of esters is 1. The van der Waals surface area contributed by atoms with E-state index >= 15 is 0 Å². The Labute approximate surface area is 146 Å². The molecule has 1 heterocycles. The topological polar surface area (TPSA) is 135 Å². The van der Waals surface area contributed by atoms with E-state index < -0.39 is 51.2 Å². The highest BCUT2D eigenvalue weighted by atomic mass is 32.2. The number of halogens is 2. The van der Waals surface area contributed by atoms with Crippen LogP contribution in [-0.4, -0.2) is 43.9 Å². The van der Waals surface area contributed by atoms with Gasteiger partial charge in [0, 0.05) is 0 Å². The number of sulfonamides is 1. The third-order valence-corrected chi connectivity index (χ3v) is 4.21. The highest BCUT2D eigenvalue weighted by molar-refractivity contribution is 7.92. The Kier molecular flexibility index (Phi) is 5.74. The molecule has 2 rings (SSSR count). The first kappa shape index (κ1) is 19.6. The monoisotopic (exact) mass is 388 g/mol. The Hall–Kier alpha value is -2.77. The van der Waals surface area contributed by atoms with Gasteiger partial charge in [0.15, 0.2) is 5.03 Å². The molecule has 3 N–H and O–H groups in total. The van der Waals surface area contributed by atoms with Crippen molar-refractivity contribution in [3.63, 3.8) is 0 Å². The van der Waals surface area contributed by atoms with Crippen molar-refractivity contribution in [2.24, 2.45) is 0 Å². The van der Waals surface area contributed by atoms with Crippen LogP contribution in [0.3, 0.4) is 0 Å². The van der Waals surface area contributed by atoms with Crippen molar-refractivity contribution in [1.29, 1.82) is 0 Å². The molecular weight excluding hydrogens is 377 g/mol. The first-order chi connectivity index (χ1) is 12.1. The summed E-state index contributed by atoms with van der Waals surface area (Å²) in [5.41, 5.74) is -1.45. The number of benzene rings is 1. The Balaban J connectivity index is 2.28. The van der Waals surface area contributed by atoms with E-state index in [2.05, 4.69) is 14.4 Å². The Morgan fingerprint density at radius 2 is 1.85 bits per heavy atom. The fourth-order valence-electron chi connectivity index (χ4n) is 1.85. The number of anilines is 1. The van der Waals surface area contributed by atoms with E-state index in [0.717, 1.165) is 25.4 Å². The predicted molar refractivity (Wildman–Crippen MR) is 83.6 cm³/mol. The van der Waals surface area contributed by atoms with E-state index in [1.807, 2.05) is 4.72 Å². The van der Waals surface area contributed by atoms with Crippen molar-refractivity contribution in [3.8, 4) is 5.75 Å². The molecule has 0 spiro atoms. The van der Waals surface area contributed by atoms with Crippen LogP contribution in [0.1, 0.15) is 10.4 Å². The van der Waals surface area contributed by atoms with Gasteiger partial charge in [0.1, 0.15) is 22.9 Å². The van der Waals surface area contributed by atoms with Crippen LogP contribution < -0.4 is 9.38 Å². The van der Waals surface area contributed by atoms with Crippen molar-refractivity contribution in [1.82, 2.24) is 4.98 Å². The highest BCUT2D eigenvalue weighted by Crippen LogP contribution is 2.22. The van der Waals surface area contributed by atoms with E-state index in [1.54, 1.807) is 0 Å². The van der Waals surface area contributed by atoms with Gasteiger partial charge in [-0.15, -0.1) is 0 Å². The smallest absolute Gasteiger partial charge is 0.511 e. The molecule has 0 bridgehead atoms.